The summed E-state index contributed by atoms with van der Waals surface area (Å²) in [5, 5.41) is 9.67. The quantitative estimate of drug-likeness (QED) is 0.912. The average Bonchev–Trinajstić information content (AvgIpc) is 2.51. The third kappa shape index (κ3) is 4.98. The van der Waals surface area contributed by atoms with Gasteiger partial charge in [0.05, 0.1) is 0 Å². The second-order valence-corrected chi connectivity index (χ2v) is 7.38. The number of carboxylic acid groups (broad SMARTS) is 1. The molecule has 0 unspecified atom stereocenters. The van der Waals surface area contributed by atoms with Crippen molar-refractivity contribution in [3.8, 4) is 0 Å². The Balaban J connectivity index is 2.07. The van der Waals surface area contributed by atoms with Gasteiger partial charge in [-0.1, -0.05) is 30.3 Å². The molecule has 1 heterocycles. The maximum Gasteiger partial charge on any atom is 0.411 e. The van der Waals surface area contributed by atoms with Crippen LogP contribution < -0.4 is 0 Å². The van der Waals surface area contributed by atoms with Crippen molar-refractivity contribution in [2.45, 2.75) is 58.1 Å². The van der Waals surface area contributed by atoms with E-state index in [4.69, 9.17) is 4.74 Å². The van der Waals surface area contributed by atoms with Crippen LogP contribution in [0, 0.1) is 5.92 Å². The lowest BCUT2D eigenvalue weighted by Gasteiger charge is -2.39. The number of likely N-dealkylation sites (tertiary alicyclic amines) is 1. The lowest BCUT2D eigenvalue weighted by Crippen LogP contribution is -2.53. The number of benzene rings is 1. The van der Waals surface area contributed by atoms with E-state index in [1.54, 1.807) is 20.8 Å². The fraction of sp³-hybridized carbons (Fsp3) is 0.579. The Morgan fingerprint density at radius 1 is 1.25 bits per heavy atom. The van der Waals surface area contributed by atoms with Crippen molar-refractivity contribution in [3.63, 3.8) is 0 Å². The summed E-state index contributed by atoms with van der Waals surface area (Å²) >= 11 is 0. The minimum absolute atomic E-state index is 0.0519. The molecule has 1 aliphatic heterocycles. The molecule has 1 N–H and O–H groups in total. The van der Waals surface area contributed by atoms with Crippen molar-refractivity contribution in [1.82, 2.24) is 4.90 Å². The summed E-state index contributed by atoms with van der Waals surface area (Å²) in [4.78, 5) is 25.6. The van der Waals surface area contributed by atoms with E-state index in [1.165, 1.54) is 10.5 Å². The SMILES string of the molecule is CC(C)(C)OC(=O)N1CCC[C@@H](CCc2ccccc2)[C@H]1C(=O)O. The van der Waals surface area contributed by atoms with Crippen LogP contribution in [0.1, 0.15) is 45.6 Å². The van der Waals surface area contributed by atoms with Crippen LogP contribution in [0.2, 0.25) is 0 Å². The number of aliphatic carboxylic acids is 1. The number of nitrogens with zero attached hydrogens (tertiary/aromatic N) is 1. The Labute approximate surface area is 143 Å². The lowest BCUT2D eigenvalue weighted by atomic mass is 9.84. The van der Waals surface area contributed by atoms with Crippen LogP contribution in [-0.2, 0) is 16.0 Å². The van der Waals surface area contributed by atoms with E-state index in [-0.39, 0.29) is 5.92 Å². The van der Waals surface area contributed by atoms with Crippen molar-refractivity contribution < 1.29 is 19.4 Å². The number of amides is 1. The number of carboxylic acids is 1. The maximum absolute atomic E-state index is 12.4. The molecule has 0 saturated carbocycles. The molecule has 1 fully saturated rings. The second kappa shape index (κ2) is 7.69. The molecule has 0 bridgehead atoms. The zero-order valence-electron chi connectivity index (χ0n) is 14.7. The molecule has 2 atom stereocenters. The number of rotatable bonds is 4. The standard InChI is InChI=1S/C19H27NO4/c1-19(2,3)24-18(23)20-13-7-10-15(16(20)17(21)22)12-11-14-8-5-4-6-9-14/h4-6,8-9,15-16H,7,10-13H2,1-3H3,(H,21,22)/t15-,16-/m0/s1. The molecule has 1 aromatic rings. The third-order valence-electron chi connectivity index (χ3n) is 4.28. The van der Waals surface area contributed by atoms with Crippen LogP contribution in [0.15, 0.2) is 30.3 Å². The summed E-state index contributed by atoms with van der Waals surface area (Å²) in [6.45, 7) is 5.81. The van der Waals surface area contributed by atoms with Gasteiger partial charge in [-0.25, -0.2) is 9.59 Å². The maximum atomic E-state index is 12.4. The zero-order valence-corrected chi connectivity index (χ0v) is 14.7. The minimum Gasteiger partial charge on any atom is -0.480 e. The number of hydrogen-bond acceptors (Lipinski definition) is 3. The van der Waals surface area contributed by atoms with Gasteiger partial charge in [0, 0.05) is 6.54 Å². The summed E-state index contributed by atoms with van der Waals surface area (Å²) in [5.41, 5.74) is 0.563. The number of piperidine rings is 1. The van der Waals surface area contributed by atoms with Crippen LogP contribution in [-0.4, -0.2) is 40.3 Å². The lowest BCUT2D eigenvalue weighted by molar-refractivity contribution is -0.147. The summed E-state index contributed by atoms with van der Waals surface area (Å²) < 4.78 is 5.39. The first-order valence-electron chi connectivity index (χ1n) is 8.54. The first-order chi connectivity index (χ1) is 11.3. The molecule has 0 aromatic heterocycles. The van der Waals surface area contributed by atoms with Gasteiger partial charge >= 0.3 is 12.1 Å². The monoisotopic (exact) mass is 333 g/mol. The van der Waals surface area contributed by atoms with Gasteiger partial charge in [-0.2, -0.15) is 0 Å². The first-order valence-corrected chi connectivity index (χ1v) is 8.54. The number of ether oxygens (including phenoxy) is 1. The average molecular weight is 333 g/mol. The van der Waals surface area contributed by atoms with Crippen molar-refractivity contribution in [3.05, 3.63) is 35.9 Å². The van der Waals surface area contributed by atoms with E-state index in [9.17, 15) is 14.7 Å². The highest BCUT2D eigenvalue weighted by molar-refractivity contribution is 5.80. The van der Waals surface area contributed by atoms with E-state index in [0.29, 0.717) is 6.54 Å². The van der Waals surface area contributed by atoms with Gasteiger partial charge in [0.25, 0.3) is 0 Å². The molecule has 2 rings (SSSR count). The van der Waals surface area contributed by atoms with E-state index in [2.05, 4.69) is 0 Å². The van der Waals surface area contributed by atoms with Gasteiger partial charge in [-0.3, -0.25) is 4.90 Å². The molecule has 5 nitrogen and oxygen atoms in total. The molecule has 24 heavy (non-hydrogen) atoms. The Bertz CT molecular complexity index is 564. The van der Waals surface area contributed by atoms with Gasteiger partial charge in [-0.15, -0.1) is 0 Å². The number of hydrogen-bond donors (Lipinski definition) is 1. The Morgan fingerprint density at radius 2 is 1.92 bits per heavy atom. The Hall–Kier alpha value is -2.04. The fourth-order valence-electron chi connectivity index (χ4n) is 3.23. The summed E-state index contributed by atoms with van der Waals surface area (Å²) in [7, 11) is 0. The van der Waals surface area contributed by atoms with E-state index in [0.717, 1.165) is 25.7 Å². The molecule has 1 saturated heterocycles. The van der Waals surface area contributed by atoms with Gasteiger partial charge < -0.3 is 9.84 Å². The molecule has 5 heteroatoms. The predicted octanol–water partition coefficient (Wildman–Crippen LogP) is 3.72. The Kier molecular flexibility index (Phi) is 5.86. The third-order valence-corrected chi connectivity index (χ3v) is 4.28. The van der Waals surface area contributed by atoms with Crippen LogP contribution >= 0.6 is 0 Å². The van der Waals surface area contributed by atoms with Crippen molar-refractivity contribution >= 4 is 12.1 Å². The largest absolute Gasteiger partial charge is 0.480 e. The summed E-state index contributed by atoms with van der Waals surface area (Å²) in [6, 6.07) is 9.22. The van der Waals surface area contributed by atoms with Crippen LogP contribution in [0.3, 0.4) is 0 Å². The number of carbonyl (C=O) groups excluding carboxylic acids is 1. The topological polar surface area (TPSA) is 66.8 Å². The second-order valence-electron chi connectivity index (χ2n) is 7.38. The molecule has 1 aromatic carbocycles. The van der Waals surface area contributed by atoms with Crippen molar-refractivity contribution in [1.29, 1.82) is 0 Å². The predicted molar refractivity (Wildman–Crippen MR) is 91.9 cm³/mol. The molecule has 1 aliphatic rings. The number of carbonyl (C=O) groups is 2. The minimum atomic E-state index is -0.946. The molecule has 0 spiro atoms. The highest BCUT2D eigenvalue weighted by atomic mass is 16.6. The highest BCUT2D eigenvalue weighted by Crippen LogP contribution is 2.29. The van der Waals surface area contributed by atoms with Gasteiger partial charge in [0.1, 0.15) is 11.6 Å². The summed E-state index contributed by atoms with van der Waals surface area (Å²) in [5.74, 6) is -0.998. The zero-order chi connectivity index (χ0) is 17.7. The molecule has 132 valence electrons. The van der Waals surface area contributed by atoms with Crippen molar-refractivity contribution in [2.24, 2.45) is 5.92 Å². The molecule has 1 amide bonds. The molecular weight excluding hydrogens is 306 g/mol. The van der Waals surface area contributed by atoms with E-state index < -0.39 is 23.7 Å². The number of aryl methyl sites for hydroxylation is 1. The first kappa shape index (κ1) is 18.3. The molecule has 0 radical (unpaired) electrons. The highest BCUT2D eigenvalue weighted by Gasteiger charge is 2.40. The summed E-state index contributed by atoms with van der Waals surface area (Å²) in [6.07, 6.45) is 2.67. The van der Waals surface area contributed by atoms with Gasteiger partial charge in [0.2, 0.25) is 0 Å². The van der Waals surface area contributed by atoms with E-state index in [1.807, 2.05) is 30.3 Å². The van der Waals surface area contributed by atoms with E-state index >= 15 is 0 Å². The fourth-order valence-corrected chi connectivity index (χ4v) is 3.23. The normalized spacial score (nSPS) is 21.4. The smallest absolute Gasteiger partial charge is 0.411 e. The van der Waals surface area contributed by atoms with Gasteiger partial charge in [0.15, 0.2) is 0 Å². The molecular formula is C19H27NO4. The molecule has 0 aliphatic carbocycles. The van der Waals surface area contributed by atoms with Crippen LogP contribution in [0.4, 0.5) is 4.79 Å². The van der Waals surface area contributed by atoms with Crippen molar-refractivity contribution in [2.75, 3.05) is 6.54 Å². The van der Waals surface area contributed by atoms with Crippen LogP contribution in [0.5, 0.6) is 0 Å². The Morgan fingerprint density at radius 3 is 2.50 bits per heavy atom. The van der Waals surface area contributed by atoms with Gasteiger partial charge in [-0.05, 0) is 57.9 Å². The van der Waals surface area contributed by atoms with Crippen LogP contribution in [0.25, 0.3) is 0 Å².